The lowest BCUT2D eigenvalue weighted by Gasteiger charge is -1.99. The molecule has 0 aliphatic heterocycles. The molecule has 0 fully saturated rings. The van der Waals surface area contributed by atoms with E-state index < -0.39 is 0 Å². The van der Waals surface area contributed by atoms with Crippen LogP contribution >= 0.6 is 11.6 Å². The minimum Gasteiger partial charge on any atom is -0.347 e. The molecule has 0 amide bonds. The highest BCUT2D eigenvalue weighted by atomic mass is 35.5. The summed E-state index contributed by atoms with van der Waals surface area (Å²) in [6.45, 7) is 0. The number of anilines is 1. The van der Waals surface area contributed by atoms with Gasteiger partial charge < -0.3 is 5.32 Å². The maximum Gasteiger partial charge on any atom is 0.187 e. The van der Waals surface area contributed by atoms with Crippen molar-refractivity contribution in [2.24, 2.45) is 0 Å². The van der Waals surface area contributed by atoms with Gasteiger partial charge in [0.15, 0.2) is 5.78 Å². The summed E-state index contributed by atoms with van der Waals surface area (Å²) < 4.78 is 12.7. The highest BCUT2D eigenvalue weighted by molar-refractivity contribution is 6.30. The van der Waals surface area contributed by atoms with Crippen LogP contribution in [0.3, 0.4) is 0 Å². The Bertz CT molecular complexity index is 594. The average molecular weight is 277 g/mol. The normalized spacial score (nSPS) is 10.6. The number of ketones is 1. The summed E-state index contributed by atoms with van der Waals surface area (Å²) in [4.78, 5) is 15.7. The van der Waals surface area contributed by atoms with E-state index in [9.17, 15) is 9.18 Å². The topological polar surface area (TPSA) is 42.0 Å². The minimum atomic E-state index is -0.371. The van der Waals surface area contributed by atoms with E-state index in [1.165, 1.54) is 42.7 Å². The smallest absolute Gasteiger partial charge is 0.187 e. The summed E-state index contributed by atoms with van der Waals surface area (Å²) in [5.41, 5.74) is 0.420. The lowest BCUT2D eigenvalue weighted by Crippen LogP contribution is -1.97. The van der Waals surface area contributed by atoms with Crippen molar-refractivity contribution in [2.45, 2.75) is 0 Å². The molecule has 0 aliphatic carbocycles. The number of hydrogen-bond acceptors (Lipinski definition) is 3. The predicted octanol–water partition coefficient (Wildman–Crippen LogP) is 3.68. The third-order valence-electron chi connectivity index (χ3n) is 2.32. The Balaban J connectivity index is 1.97. The maximum absolute atomic E-state index is 12.7. The molecule has 3 nitrogen and oxygen atoms in total. The largest absolute Gasteiger partial charge is 0.347 e. The standard InChI is InChI=1S/C14H10ClFN2O/c15-11-3-6-14(18-9-11)17-8-7-13(19)10-1-4-12(16)5-2-10/h1-9H,(H,17,18)/b8-7-. The van der Waals surface area contributed by atoms with Crippen molar-refractivity contribution >= 4 is 23.2 Å². The van der Waals surface area contributed by atoms with Crippen LogP contribution in [-0.4, -0.2) is 10.8 Å². The van der Waals surface area contributed by atoms with E-state index >= 15 is 0 Å². The number of nitrogens with zero attached hydrogens (tertiary/aromatic N) is 1. The Labute approximate surface area is 114 Å². The number of benzene rings is 1. The van der Waals surface area contributed by atoms with Crippen LogP contribution in [-0.2, 0) is 0 Å². The lowest BCUT2D eigenvalue weighted by molar-refractivity contribution is 0.104. The van der Waals surface area contributed by atoms with Gasteiger partial charge in [-0.2, -0.15) is 0 Å². The predicted molar refractivity (Wildman–Crippen MR) is 72.7 cm³/mol. The number of rotatable bonds is 4. The monoisotopic (exact) mass is 276 g/mol. The molecule has 96 valence electrons. The molecule has 0 aliphatic rings. The zero-order valence-corrected chi connectivity index (χ0v) is 10.6. The second kappa shape index (κ2) is 6.11. The molecule has 0 unspecified atom stereocenters. The molecule has 1 aromatic carbocycles. The van der Waals surface area contributed by atoms with E-state index in [1.54, 1.807) is 12.1 Å². The number of pyridine rings is 1. The number of allylic oxidation sites excluding steroid dienone is 1. The van der Waals surface area contributed by atoms with Gasteiger partial charge in [0.05, 0.1) is 5.02 Å². The third-order valence-corrected chi connectivity index (χ3v) is 2.55. The summed E-state index contributed by atoms with van der Waals surface area (Å²) in [5.74, 6) is -0.0157. The number of nitrogens with one attached hydrogen (secondary N) is 1. The Morgan fingerprint density at radius 1 is 1.21 bits per heavy atom. The number of hydrogen-bond donors (Lipinski definition) is 1. The lowest BCUT2D eigenvalue weighted by atomic mass is 10.1. The zero-order valence-electron chi connectivity index (χ0n) is 9.81. The zero-order chi connectivity index (χ0) is 13.7. The molecule has 2 rings (SSSR count). The first-order valence-electron chi connectivity index (χ1n) is 5.50. The van der Waals surface area contributed by atoms with Gasteiger partial charge in [-0.25, -0.2) is 9.37 Å². The van der Waals surface area contributed by atoms with Crippen LogP contribution in [0.2, 0.25) is 5.02 Å². The highest BCUT2D eigenvalue weighted by Gasteiger charge is 2.01. The van der Waals surface area contributed by atoms with Crippen LogP contribution in [0.15, 0.2) is 54.9 Å². The highest BCUT2D eigenvalue weighted by Crippen LogP contribution is 2.09. The van der Waals surface area contributed by atoms with Crippen LogP contribution in [0.25, 0.3) is 0 Å². The number of aromatic nitrogens is 1. The molecule has 5 heteroatoms. The first-order chi connectivity index (χ1) is 9.15. The third kappa shape index (κ3) is 3.89. The fourth-order valence-corrected chi connectivity index (χ4v) is 1.49. The molecule has 0 spiro atoms. The number of halogens is 2. The van der Waals surface area contributed by atoms with Crippen molar-refractivity contribution in [3.63, 3.8) is 0 Å². The summed E-state index contributed by atoms with van der Waals surface area (Å²) in [7, 11) is 0. The molecule has 1 heterocycles. The van der Waals surface area contributed by atoms with E-state index in [2.05, 4.69) is 10.3 Å². The van der Waals surface area contributed by atoms with Gasteiger partial charge in [-0.15, -0.1) is 0 Å². The SMILES string of the molecule is O=C(/C=C\Nc1ccc(Cl)cn1)c1ccc(F)cc1. The Kier molecular flexibility index (Phi) is 4.26. The molecule has 0 bridgehead atoms. The van der Waals surface area contributed by atoms with Crippen LogP contribution < -0.4 is 5.32 Å². The van der Waals surface area contributed by atoms with E-state index in [1.807, 2.05) is 0 Å². The average Bonchev–Trinajstić information content (AvgIpc) is 2.41. The Morgan fingerprint density at radius 3 is 2.58 bits per heavy atom. The molecule has 2 aromatic rings. The molecule has 1 aromatic heterocycles. The summed E-state index contributed by atoms with van der Waals surface area (Å²) in [6, 6.07) is 8.73. The molecule has 0 atom stereocenters. The quantitative estimate of drug-likeness (QED) is 0.684. The summed E-state index contributed by atoms with van der Waals surface area (Å²) >= 11 is 5.70. The van der Waals surface area contributed by atoms with E-state index in [4.69, 9.17) is 11.6 Å². The summed E-state index contributed by atoms with van der Waals surface area (Å²) in [6.07, 6.45) is 4.32. The first kappa shape index (κ1) is 13.2. The van der Waals surface area contributed by atoms with Crippen molar-refractivity contribution in [3.8, 4) is 0 Å². The maximum atomic E-state index is 12.7. The van der Waals surface area contributed by atoms with Crippen molar-refractivity contribution in [1.29, 1.82) is 0 Å². The summed E-state index contributed by atoms with van der Waals surface area (Å²) in [5, 5.41) is 3.38. The van der Waals surface area contributed by atoms with Gasteiger partial charge in [0.25, 0.3) is 0 Å². The molecular weight excluding hydrogens is 267 g/mol. The fourth-order valence-electron chi connectivity index (χ4n) is 1.37. The molecule has 0 saturated carbocycles. The Hall–Kier alpha value is -2.20. The Morgan fingerprint density at radius 2 is 1.95 bits per heavy atom. The van der Waals surface area contributed by atoms with Gasteiger partial charge in [-0.05, 0) is 36.4 Å². The van der Waals surface area contributed by atoms with Gasteiger partial charge >= 0.3 is 0 Å². The van der Waals surface area contributed by atoms with Crippen LogP contribution in [0, 0.1) is 5.82 Å². The minimum absolute atomic E-state index is 0.221. The van der Waals surface area contributed by atoms with Crippen LogP contribution in [0.4, 0.5) is 10.2 Å². The number of carbonyl (C=O) groups excluding carboxylic acids is 1. The number of carbonyl (C=O) groups is 1. The second-order valence-corrected chi connectivity index (χ2v) is 4.15. The van der Waals surface area contributed by atoms with E-state index in [0.29, 0.717) is 16.4 Å². The van der Waals surface area contributed by atoms with Gasteiger partial charge in [-0.1, -0.05) is 11.6 Å². The van der Waals surface area contributed by atoms with Gasteiger partial charge in [0, 0.05) is 24.0 Å². The van der Waals surface area contributed by atoms with Gasteiger partial charge in [0.1, 0.15) is 11.6 Å². The van der Waals surface area contributed by atoms with Crippen LogP contribution in [0.5, 0.6) is 0 Å². The van der Waals surface area contributed by atoms with E-state index in [-0.39, 0.29) is 11.6 Å². The molecule has 0 saturated heterocycles. The van der Waals surface area contributed by atoms with Crippen molar-refractivity contribution in [2.75, 3.05) is 5.32 Å². The van der Waals surface area contributed by atoms with Crippen molar-refractivity contribution in [1.82, 2.24) is 4.98 Å². The van der Waals surface area contributed by atoms with Crippen LogP contribution in [0.1, 0.15) is 10.4 Å². The molecular formula is C14H10ClFN2O. The molecule has 1 N–H and O–H groups in total. The molecule has 0 radical (unpaired) electrons. The van der Waals surface area contributed by atoms with Crippen molar-refractivity contribution in [3.05, 3.63) is 71.3 Å². The van der Waals surface area contributed by atoms with Gasteiger partial charge in [0.2, 0.25) is 0 Å². The molecule has 19 heavy (non-hydrogen) atoms. The van der Waals surface area contributed by atoms with E-state index in [0.717, 1.165) is 0 Å². The second-order valence-electron chi connectivity index (χ2n) is 3.71. The first-order valence-corrected chi connectivity index (χ1v) is 5.87. The van der Waals surface area contributed by atoms with Gasteiger partial charge in [-0.3, -0.25) is 4.79 Å². The van der Waals surface area contributed by atoms with Crippen molar-refractivity contribution < 1.29 is 9.18 Å². The fraction of sp³-hybridized carbons (Fsp3) is 0.